The standard InChI is InChI=1S/C36H46N4OS2/c1-3-5-7-9-11-13-23-42-35-37-25-31(26-38-35)29-15-19-33(20-16-29)41-34-21-17-30(18-22-34)32-27-39-36(40-28-32)43-24-14-12-10-8-6-4-2/h15-22,25-28H,3-14,23-24H2,1-2H3. The number of unbranched alkanes of at least 4 members (excludes halogenated alkanes) is 10. The van der Waals surface area contributed by atoms with Crippen LogP contribution in [0.15, 0.2) is 83.6 Å². The van der Waals surface area contributed by atoms with Gasteiger partial charge in [-0.2, -0.15) is 0 Å². The smallest absolute Gasteiger partial charge is 0.187 e. The lowest BCUT2D eigenvalue weighted by molar-refractivity contribution is 0.483. The molecule has 7 heteroatoms. The lowest BCUT2D eigenvalue weighted by atomic mass is 10.1. The predicted octanol–water partition coefficient (Wildman–Crippen LogP) is 11.3. The van der Waals surface area contributed by atoms with Gasteiger partial charge in [-0.1, -0.05) is 126 Å². The van der Waals surface area contributed by atoms with Gasteiger partial charge in [0.15, 0.2) is 10.3 Å². The van der Waals surface area contributed by atoms with Crippen LogP contribution in [-0.2, 0) is 0 Å². The Bertz CT molecular complexity index is 1190. The number of aromatic nitrogens is 4. The monoisotopic (exact) mass is 614 g/mol. The molecule has 0 aliphatic rings. The average molecular weight is 615 g/mol. The fraction of sp³-hybridized carbons (Fsp3) is 0.444. The Hall–Kier alpha value is -2.90. The molecule has 0 spiro atoms. The molecule has 0 saturated heterocycles. The molecule has 4 rings (SSSR count). The summed E-state index contributed by atoms with van der Waals surface area (Å²) in [6.45, 7) is 4.51. The van der Waals surface area contributed by atoms with E-state index >= 15 is 0 Å². The van der Waals surface area contributed by atoms with E-state index in [1.165, 1.54) is 77.0 Å². The SMILES string of the molecule is CCCCCCCCSc1ncc(-c2ccc(Oc3ccc(-c4cnc(SCCCCCCCC)nc4)cc3)cc2)cn1. The molecular formula is C36H46N4OS2. The van der Waals surface area contributed by atoms with Gasteiger partial charge in [-0.3, -0.25) is 0 Å². The van der Waals surface area contributed by atoms with Crippen LogP contribution in [0.3, 0.4) is 0 Å². The maximum atomic E-state index is 6.10. The molecule has 2 aromatic heterocycles. The third-order valence-corrected chi connectivity index (χ3v) is 9.25. The van der Waals surface area contributed by atoms with E-state index in [1.807, 2.05) is 49.1 Å². The van der Waals surface area contributed by atoms with Gasteiger partial charge in [0.1, 0.15) is 11.5 Å². The summed E-state index contributed by atoms with van der Waals surface area (Å²) < 4.78 is 6.10. The molecule has 0 atom stereocenters. The second-order valence-electron chi connectivity index (χ2n) is 10.9. The molecule has 4 aromatic rings. The molecule has 0 saturated carbocycles. The number of nitrogens with zero attached hydrogens (tertiary/aromatic N) is 4. The minimum Gasteiger partial charge on any atom is -0.457 e. The molecule has 228 valence electrons. The van der Waals surface area contributed by atoms with Crippen LogP contribution in [0.2, 0.25) is 0 Å². The van der Waals surface area contributed by atoms with E-state index in [9.17, 15) is 0 Å². The molecule has 43 heavy (non-hydrogen) atoms. The molecule has 0 amide bonds. The molecule has 0 fully saturated rings. The molecular weight excluding hydrogens is 569 g/mol. The average Bonchev–Trinajstić information content (AvgIpc) is 3.05. The van der Waals surface area contributed by atoms with Gasteiger partial charge in [-0.15, -0.1) is 0 Å². The first-order valence-corrected chi connectivity index (χ1v) is 18.0. The van der Waals surface area contributed by atoms with Gasteiger partial charge in [-0.25, -0.2) is 19.9 Å². The van der Waals surface area contributed by atoms with Gasteiger partial charge in [-0.05, 0) is 48.2 Å². The van der Waals surface area contributed by atoms with Crippen molar-refractivity contribution in [2.24, 2.45) is 0 Å². The fourth-order valence-electron chi connectivity index (χ4n) is 4.74. The minimum atomic E-state index is 0.790. The molecule has 2 heterocycles. The summed E-state index contributed by atoms with van der Waals surface area (Å²) in [6.07, 6.45) is 23.4. The van der Waals surface area contributed by atoms with E-state index in [-0.39, 0.29) is 0 Å². The quantitative estimate of drug-likeness (QED) is 0.0557. The number of ether oxygens (including phenoxy) is 1. The van der Waals surface area contributed by atoms with Crippen LogP contribution in [0, 0.1) is 0 Å². The number of hydrogen-bond acceptors (Lipinski definition) is 7. The van der Waals surface area contributed by atoms with Crippen molar-refractivity contribution < 1.29 is 4.74 Å². The highest BCUT2D eigenvalue weighted by Crippen LogP contribution is 2.28. The summed E-state index contributed by atoms with van der Waals surface area (Å²) in [5.41, 5.74) is 4.16. The second-order valence-corrected chi connectivity index (χ2v) is 13.0. The maximum Gasteiger partial charge on any atom is 0.187 e. The number of thioether (sulfide) groups is 2. The molecule has 0 radical (unpaired) electrons. The minimum absolute atomic E-state index is 0.790. The summed E-state index contributed by atoms with van der Waals surface area (Å²) in [4.78, 5) is 18.3. The highest BCUT2D eigenvalue weighted by atomic mass is 32.2. The van der Waals surface area contributed by atoms with Crippen molar-refractivity contribution in [1.82, 2.24) is 19.9 Å². The van der Waals surface area contributed by atoms with E-state index in [4.69, 9.17) is 4.74 Å². The summed E-state index contributed by atoms with van der Waals surface area (Å²) in [7, 11) is 0. The van der Waals surface area contributed by atoms with Crippen LogP contribution in [0.1, 0.15) is 90.9 Å². The van der Waals surface area contributed by atoms with E-state index in [1.54, 1.807) is 23.5 Å². The maximum absolute atomic E-state index is 6.10. The van der Waals surface area contributed by atoms with Gasteiger partial charge in [0.25, 0.3) is 0 Å². The largest absolute Gasteiger partial charge is 0.457 e. The van der Waals surface area contributed by atoms with E-state index in [2.05, 4.69) is 58.0 Å². The Kier molecular flexibility index (Phi) is 14.9. The van der Waals surface area contributed by atoms with Crippen molar-refractivity contribution in [3.63, 3.8) is 0 Å². The van der Waals surface area contributed by atoms with Crippen LogP contribution in [0.25, 0.3) is 22.3 Å². The predicted molar refractivity (Wildman–Crippen MR) is 183 cm³/mol. The zero-order valence-corrected chi connectivity index (χ0v) is 27.5. The van der Waals surface area contributed by atoms with Gasteiger partial charge >= 0.3 is 0 Å². The lowest BCUT2D eigenvalue weighted by Gasteiger charge is -2.08. The Morgan fingerprint density at radius 3 is 1.16 bits per heavy atom. The number of benzene rings is 2. The Balaban J connectivity index is 1.20. The number of hydrogen-bond donors (Lipinski definition) is 0. The van der Waals surface area contributed by atoms with E-state index in [0.717, 1.165) is 55.6 Å². The third-order valence-electron chi connectivity index (χ3n) is 7.33. The van der Waals surface area contributed by atoms with Gasteiger partial charge < -0.3 is 4.74 Å². The van der Waals surface area contributed by atoms with Gasteiger partial charge in [0.2, 0.25) is 0 Å². The second kappa shape index (κ2) is 19.4. The Morgan fingerprint density at radius 1 is 0.442 bits per heavy atom. The van der Waals surface area contributed by atoms with Crippen LogP contribution in [0.5, 0.6) is 11.5 Å². The topological polar surface area (TPSA) is 60.8 Å². The van der Waals surface area contributed by atoms with Crippen LogP contribution < -0.4 is 4.74 Å². The summed E-state index contributed by atoms with van der Waals surface area (Å²) in [5, 5.41) is 1.70. The third kappa shape index (κ3) is 12.0. The van der Waals surface area contributed by atoms with Crippen molar-refractivity contribution in [2.45, 2.75) is 101 Å². The molecule has 0 aliphatic heterocycles. The fourth-order valence-corrected chi connectivity index (χ4v) is 6.31. The molecule has 0 aliphatic carbocycles. The first kappa shape index (κ1) is 33.0. The molecule has 0 unspecified atom stereocenters. The number of rotatable bonds is 20. The Morgan fingerprint density at radius 2 is 0.791 bits per heavy atom. The van der Waals surface area contributed by atoms with Crippen molar-refractivity contribution >= 4 is 23.5 Å². The lowest BCUT2D eigenvalue weighted by Crippen LogP contribution is -1.91. The summed E-state index contributed by atoms with van der Waals surface area (Å²) in [5.74, 6) is 3.74. The highest BCUT2D eigenvalue weighted by molar-refractivity contribution is 7.99. The zero-order valence-electron chi connectivity index (χ0n) is 25.8. The van der Waals surface area contributed by atoms with Gasteiger partial charge in [0.05, 0.1) is 0 Å². The van der Waals surface area contributed by atoms with Crippen LogP contribution in [0.4, 0.5) is 0 Å². The van der Waals surface area contributed by atoms with E-state index in [0.29, 0.717) is 0 Å². The molecule has 0 bridgehead atoms. The summed E-state index contributed by atoms with van der Waals surface area (Å²) in [6, 6.07) is 16.1. The van der Waals surface area contributed by atoms with Gasteiger partial charge in [0, 0.05) is 47.4 Å². The first-order valence-electron chi connectivity index (χ1n) is 16.0. The molecule has 2 aromatic carbocycles. The van der Waals surface area contributed by atoms with Crippen LogP contribution >= 0.6 is 23.5 Å². The molecule has 0 N–H and O–H groups in total. The summed E-state index contributed by atoms with van der Waals surface area (Å²) >= 11 is 3.49. The van der Waals surface area contributed by atoms with E-state index < -0.39 is 0 Å². The molecule has 5 nitrogen and oxygen atoms in total. The highest BCUT2D eigenvalue weighted by Gasteiger charge is 2.06. The van der Waals surface area contributed by atoms with Crippen molar-refractivity contribution in [1.29, 1.82) is 0 Å². The Labute approximate surface area is 267 Å². The van der Waals surface area contributed by atoms with Crippen molar-refractivity contribution in [3.8, 4) is 33.8 Å². The van der Waals surface area contributed by atoms with Crippen molar-refractivity contribution in [3.05, 3.63) is 73.3 Å². The zero-order chi connectivity index (χ0) is 30.0. The first-order chi connectivity index (χ1) is 21.2. The van der Waals surface area contributed by atoms with Crippen molar-refractivity contribution in [2.75, 3.05) is 11.5 Å². The normalized spacial score (nSPS) is 11.1. The van der Waals surface area contributed by atoms with Crippen LogP contribution in [-0.4, -0.2) is 31.4 Å².